The third-order valence-electron chi connectivity index (χ3n) is 3.33. The van der Waals surface area contributed by atoms with E-state index in [9.17, 15) is 9.59 Å². The van der Waals surface area contributed by atoms with Crippen LogP contribution >= 0.6 is 11.8 Å². The summed E-state index contributed by atoms with van der Waals surface area (Å²) in [6.07, 6.45) is 0.645. The highest BCUT2D eigenvalue weighted by Crippen LogP contribution is 2.46. The van der Waals surface area contributed by atoms with Gasteiger partial charge in [-0.05, 0) is 18.6 Å². The molecule has 3 unspecified atom stereocenters. The molecule has 4 nitrogen and oxygen atoms in total. The molecule has 1 fully saturated rings. The van der Waals surface area contributed by atoms with Gasteiger partial charge in [0.25, 0.3) is 0 Å². The largest absolute Gasteiger partial charge is 0.469 e. The van der Waals surface area contributed by atoms with Crippen molar-refractivity contribution in [1.29, 1.82) is 0 Å². The summed E-state index contributed by atoms with van der Waals surface area (Å²) < 4.78 is 9.51. The van der Waals surface area contributed by atoms with E-state index in [1.165, 1.54) is 14.2 Å². The molecule has 1 aliphatic rings. The number of hydrogen-bond donors (Lipinski definition) is 0. The molecular formula is C14H16O4S. The minimum absolute atomic E-state index is 0.0685. The Morgan fingerprint density at radius 1 is 1.11 bits per heavy atom. The fraction of sp³-hybridized carbons (Fsp3) is 0.429. The molecule has 0 bridgehead atoms. The molecule has 1 saturated carbocycles. The molecule has 1 aliphatic carbocycles. The fourth-order valence-corrected chi connectivity index (χ4v) is 3.66. The zero-order valence-corrected chi connectivity index (χ0v) is 11.7. The van der Waals surface area contributed by atoms with Gasteiger partial charge in [-0.1, -0.05) is 18.2 Å². The Morgan fingerprint density at radius 2 is 1.74 bits per heavy atom. The van der Waals surface area contributed by atoms with Crippen molar-refractivity contribution in [2.45, 2.75) is 16.6 Å². The zero-order valence-electron chi connectivity index (χ0n) is 10.9. The van der Waals surface area contributed by atoms with Crippen LogP contribution in [0.2, 0.25) is 0 Å². The number of rotatable bonds is 4. The maximum absolute atomic E-state index is 11.8. The quantitative estimate of drug-likeness (QED) is 0.791. The summed E-state index contributed by atoms with van der Waals surface area (Å²) in [6, 6.07) is 9.83. The number of carbonyl (C=O) groups is 2. The summed E-state index contributed by atoms with van der Waals surface area (Å²) in [7, 11) is 2.69. The van der Waals surface area contributed by atoms with Gasteiger partial charge in [0.1, 0.15) is 0 Å². The van der Waals surface area contributed by atoms with Crippen LogP contribution < -0.4 is 0 Å². The van der Waals surface area contributed by atoms with Gasteiger partial charge in [-0.3, -0.25) is 9.59 Å². The van der Waals surface area contributed by atoms with Crippen molar-refractivity contribution in [3.05, 3.63) is 30.3 Å². The van der Waals surface area contributed by atoms with Crippen LogP contribution in [-0.4, -0.2) is 31.4 Å². The summed E-state index contributed by atoms with van der Waals surface area (Å²) in [6.45, 7) is 0. The number of thioether (sulfide) groups is 1. The molecule has 0 N–H and O–H groups in total. The van der Waals surface area contributed by atoms with E-state index in [4.69, 9.17) is 9.47 Å². The minimum Gasteiger partial charge on any atom is -0.469 e. The molecule has 5 heteroatoms. The molecule has 3 atom stereocenters. The number of esters is 2. The molecular weight excluding hydrogens is 264 g/mol. The van der Waals surface area contributed by atoms with E-state index in [-0.39, 0.29) is 23.1 Å². The third kappa shape index (κ3) is 2.92. The minimum atomic E-state index is -0.414. The molecule has 0 heterocycles. The van der Waals surface area contributed by atoms with Crippen LogP contribution in [-0.2, 0) is 19.1 Å². The summed E-state index contributed by atoms with van der Waals surface area (Å²) in [4.78, 5) is 24.5. The lowest BCUT2D eigenvalue weighted by molar-refractivity contribution is -0.163. The second-order valence-corrected chi connectivity index (χ2v) is 5.70. The Hall–Kier alpha value is -1.49. The fourth-order valence-electron chi connectivity index (χ4n) is 2.25. The topological polar surface area (TPSA) is 52.6 Å². The lowest BCUT2D eigenvalue weighted by atomic mass is 9.73. The Kier molecular flexibility index (Phi) is 4.47. The van der Waals surface area contributed by atoms with Crippen molar-refractivity contribution in [3.8, 4) is 0 Å². The van der Waals surface area contributed by atoms with Crippen LogP contribution in [0.25, 0.3) is 0 Å². The highest BCUT2D eigenvalue weighted by Gasteiger charge is 2.51. The van der Waals surface area contributed by atoms with Gasteiger partial charge in [0.2, 0.25) is 0 Å². The highest BCUT2D eigenvalue weighted by molar-refractivity contribution is 8.00. The first kappa shape index (κ1) is 13.9. The Morgan fingerprint density at radius 3 is 2.32 bits per heavy atom. The molecule has 0 saturated heterocycles. The molecule has 1 aromatic rings. The van der Waals surface area contributed by atoms with E-state index in [2.05, 4.69) is 0 Å². The van der Waals surface area contributed by atoms with Crippen LogP contribution in [0.5, 0.6) is 0 Å². The summed E-state index contributed by atoms with van der Waals surface area (Å²) >= 11 is 1.61. The maximum atomic E-state index is 11.8. The molecule has 0 aliphatic heterocycles. The average molecular weight is 280 g/mol. The monoisotopic (exact) mass is 280 g/mol. The van der Waals surface area contributed by atoms with E-state index < -0.39 is 5.92 Å². The second kappa shape index (κ2) is 6.10. The Balaban J connectivity index is 2.06. The van der Waals surface area contributed by atoms with E-state index in [1.54, 1.807) is 11.8 Å². The SMILES string of the molecule is COC(=O)C1CC(Sc2ccccc2)C1C(=O)OC. The van der Waals surface area contributed by atoms with Gasteiger partial charge >= 0.3 is 11.9 Å². The predicted molar refractivity (Wildman–Crippen MR) is 71.7 cm³/mol. The first-order valence-electron chi connectivity index (χ1n) is 6.04. The molecule has 0 spiro atoms. The second-order valence-electron chi connectivity index (χ2n) is 4.38. The molecule has 0 amide bonds. The van der Waals surface area contributed by atoms with Crippen molar-refractivity contribution in [3.63, 3.8) is 0 Å². The van der Waals surface area contributed by atoms with Crippen molar-refractivity contribution in [2.75, 3.05) is 14.2 Å². The first-order valence-corrected chi connectivity index (χ1v) is 6.92. The summed E-state index contributed by atoms with van der Waals surface area (Å²) in [5.74, 6) is -1.46. The van der Waals surface area contributed by atoms with Gasteiger partial charge < -0.3 is 9.47 Å². The molecule has 1 aromatic carbocycles. The van der Waals surface area contributed by atoms with Crippen molar-refractivity contribution < 1.29 is 19.1 Å². The Labute approximate surface area is 116 Å². The van der Waals surface area contributed by atoms with Crippen LogP contribution in [0, 0.1) is 11.8 Å². The standard InChI is InChI=1S/C14H16O4S/c1-17-13(15)10-8-11(12(10)14(16)18-2)19-9-6-4-3-5-7-9/h3-7,10-12H,8H2,1-2H3. The summed E-state index contributed by atoms with van der Waals surface area (Å²) in [5.41, 5.74) is 0. The van der Waals surface area contributed by atoms with Crippen LogP contribution in [0.15, 0.2) is 35.2 Å². The zero-order chi connectivity index (χ0) is 13.8. The number of ether oxygens (including phenoxy) is 2. The number of hydrogen-bond acceptors (Lipinski definition) is 5. The van der Waals surface area contributed by atoms with Gasteiger partial charge in [-0.2, -0.15) is 0 Å². The van der Waals surface area contributed by atoms with E-state index in [1.807, 2.05) is 30.3 Å². The lowest BCUT2D eigenvalue weighted by Gasteiger charge is -2.40. The van der Waals surface area contributed by atoms with Crippen molar-refractivity contribution in [1.82, 2.24) is 0 Å². The molecule has 0 radical (unpaired) electrons. The Bertz CT molecular complexity index is 460. The number of methoxy groups -OCH3 is 2. The van der Waals surface area contributed by atoms with Gasteiger partial charge in [0, 0.05) is 10.1 Å². The van der Waals surface area contributed by atoms with Gasteiger partial charge in [-0.15, -0.1) is 11.8 Å². The van der Waals surface area contributed by atoms with Crippen molar-refractivity contribution in [2.24, 2.45) is 11.8 Å². The van der Waals surface area contributed by atoms with E-state index in [0.717, 1.165) is 4.90 Å². The predicted octanol–water partition coefficient (Wildman–Crippen LogP) is 2.13. The highest BCUT2D eigenvalue weighted by atomic mass is 32.2. The average Bonchev–Trinajstić information content (AvgIpc) is 2.43. The van der Waals surface area contributed by atoms with Crippen molar-refractivity contribution >= 4 is 23.7 Å². The molecule has 0 aromatic heterocycles. The lowest BCUT2D eigenvalue weighted by Crippen LogP contribution is -2.49. The molecule has 19 heavy (non-hydrogen) atoms. The van der Waals surface area contributed by atoms with E-state index >= 15 is 0 Å². The van der Waals surface area contributed by atoms with Gasteiger partial charge in [0.05, 0.1) is 26.1 Å². The summed E-state index contributed by atoms with van der Waals surface area (Å²) in [5, 5.41) is 0.0685. The first-order chi connectivity index (χ1) is 9.17. The van der Waals surface area contributed by atoms with Crippen LogP contribution in [0.1, 0.15) is 6.42 Å². The molecule has 102 valence electrons. The van der Waals surface area contributed by atoms with Crippen LogP contribution in [0.4, 0.5) is 0 Å². The van der Waals surface area contributed by atoms with Gasteiger partial charge in [-0.25, -0.2) is 0 Å². The maximum Gasteiger partial charge on any atom is 0.310 e. The number of carbonyl (C=O) groups excluding carboxylic acids is 2. The van der Waals surface area contributed by atoms with E-state index in [0.29, 0.717) is 6.42 Å². The smallest absolute Gasteiger partial charge is 0.310 e. The normalized spacial score (nSPS) is 25.3. The van der Waals surface area contributed by atoms with Crippen LogP contribution in [0.3, 0.4) is 0 Å². The van der Waals surface area contributed by atoms with Gasteiger partial charge in [0.15, 0.2) is 0 Å². The third-order valence-corrected chi connectivity index (χ3v) is 4.66. The number of benzene rings is 1. The molecule has 2 rings (SSSR count).